The minimum atomic E-state index is 0.181. The zero-order chi connectivity index (χ0) is 12.0. The van der Waals surface area contributed by atoms with Crippen molar-refractivity contribution in [3.63, 3.8) is 0 Å². The van der Waals surface area contributed by atoms with Gasteiger partial charge in [-0.15, -0.1) is 0 Å². The molecular formula is C12H26N2O2. The summed E-state index contributed by atoms with van der Waals surface area (Å²) in [7, 11) is 0. The molecule has 96 valence electrons. The molecule has 1 fully saturated rings. The van der Waals surface area contributed by atoms with Crippen molar-refractivity contribution in [3.8, 4) is 0 Å². The van der Waals surface area contributed by atoms with Gasteiger partial charge in [0.05, 0.1) is 19.3 Å². The molecule has 2 N–H and O–H groups in total. The lowest BCUT2D eigenvalue weighted by molar-refractivity contribution is -0.0277. The van der Waals surface area contributed by atoms with Gasteiger partial charge in [0.25, 0.3) is 0 Å². The second kappa shape index (κ2) is 7.22. The molecule has 1 saturated heterocycles. The summed E-state index contributed by atoms with van der Waals surface area (Å²) in [5.41, 5.74) is 0. The number of nitrogens with one attached hydrogen (secondary N) is 1. The molecule has 0 radical (unpaired) electrons. The molecule has 1 aliphatic rings. The third kappa shape index (κ3) is 4.37. The lowest BCUT2D eigenvalue weighted by Crippen LogP contribution is -2.49. The van der Waals surface area contributed by atoms with E-state index in [9.17, 15) is 5.11 Å². The lowest BCUT2D eigenvalue weighted by atomic mass is 10.1. The highest BCUT2D eigenvalue weighted by Crippen LogP contribution is 2.06. The Hall–Kier alpha value is -0.160. The first kappa shape index (κ1) is 13.9. The molecule has 1 rings (SSSR count). The van der Waals surface area contributed by atoms with Crippen LogP contribution < -0.4 is 5.32 Å². The van der Waals surface area contributed by atoms with Gasteiger partial charge in [-0.25, -0.2) is 0 Å². The summed E-state index contributed by atoms with van der Waals surface area (Å²) in [6, 6.07) is 0.181. The van der Waals surface area contributed by atoms with Crippen LogP contribution in [-0.4, -0.2) is 61.5 Å². The number of morpholine rings is 1. The van der Waals surface area contributed by atoms with Gasteiger partial charge in [0.1, 0.15) is 0 Å². The molecule has 0 aromatic rings. The van der Waals surface area contributed by atoms with Gasteiger partial charge in [-0.3, -0.25) is 4.90 Å². The van der Waals surface area contributed by atoms with E-state index in [1.54, 1.807) is 0 Å². The minimum Gasteiger partial charge on any atom is -0.395 e. The van der Waals surface area contributed by atoms with Gasteiger partial charge in [0.2, 0.25) is 0 Å². The first-order valence-corrected chi connectivity index (χ1v) is 6.35. The average Bonchev–Trinajstić information content (AvgIpc) is 2.29. The van der Waals surface area contributed by atoms with Crippen molar-refractivity contribution in [1.82, 2.24) is 10.2 Å². The van der Waals surface area contributed by atoms with Crippen LogP contribution in [0.4, 0.5) is 0 Å². The standard InChI is InChI=1S/C12H26N2O2/c1-4-14-5-6-16-11(8-14)7-13-12(9-15)10(2)3/h10-13,15H,4-9H2,1-3H3/t11?,12-/m1/s1. The molecule has 16 heavy (non-hydrogen) atoms. The number of hydrogen-bond donors (Lipinski definition) is 2. The first-order valence-electron chi connectivity index (χ1n) is 6.35. The number of nitrogens with zero attached hydrogens (tertiary/aromatic N) is 1. The number of likely N-dealkylation sites (N-methyl/N-ethyl adjacent to an activating group) is 1. The summed E-state index contributed by atoms with van der Waals surface area (Å²) in [5, 5.41) is 12.6. The van der Waals surface area contributed by atoms with Crippen LogP contribution in [0.1, 0.15) is 20.8 Å². The second-order valence-electron chi connectivity index (χ2n) is 4.83. The molecule has 4 heteroatoms. The highest BCUT2D eigenvalue weighted by atomic mass is 16.5. The van der Waals surface area contributed by atoms with Gasteiger partial charge in [0.15, 0.2) is 0 Å². The summed E-state index contributed by atoms with van der Waals surface area (Å²) >= 11 is 0. The fourth-order valence-electron chi connectivity index (χ4n) is 1.99. The Morgan fingerprint density at radius 2 is 2.25 bits per heavy atom. The molecule has 0 spiro atoms. The van der Waals surface area contributed by atoms with Crippen LogP contribution in [-0.2, 0) is 4.74 Å². The van der Waals surface area contributed by atoms with E-state index in [1.165, 1.54) is 0 Å². The third-order valence-corrected chi connectivity index (χ3v) is 3.28. The third-order valence-electron chi connectivity index (χ3n) is 3.28. The van der Waals surface area contributed by atoms with Gasteiger partial charge in [0, 0.05) is 25.7 Å². The average molecular weight is 230 g/mol. The maximum absolute atomic E-state index is 9.21. The van der Waals surface area contributed by atoms with E-state index >= 15 is 0 Å². The van der Waals surface area contributed by atoms with Crippen LogP contribution >= 0.6 is 0 Å². The fraction of sp³-hybridized carbons (Fsp3) is 1.00. The largest absolute Gasteiger partial charge is 0.395 e. The highest BCUT2D eigenvalue weighted by molar-refractivity contribution is 4.76. The Bertz CT molecular complexity index is 188. The Kier molecular flexibility index (Phi) is 6.28. The van der Waals surface area contributed by atoms with Crippen LogP contribution in [0.25, 0.3) is 0 Å². The molecule has 1 unspecified atom stereocenters. The van der Waals surface area contributed by atoms with Gasteiger partial charge in [-0.1, -0.05) is 20.8 Å². The molecule has 0 saturated carbocycles. The first-order chi connectivity index (χ1) is 7.67. The molecule has 4 nitrogen and oxygen atoms in total. The van der Waals surface area contributed by atoms with Crippen molar-refractivity contribution < 1.29 is 9.84 Å². The van der Waals surface area contributed by atoms with E-state index in [2.05, 4.69) is 31.0 Å². The fourth-order valence-corrected chi connectivity index (χ4v) is 1.99. The Morgan fingerprint density at radius 3 is 2.81 bits per heavy atom. The number of aliphatic hydroxyl groups is 1. The van der Waals surface area contributed by atoms with Crippen molar-refractivity contribution in [2.24, 2.45) is 5.92 Å². The predicted molar refractivity (Wildman–Crippen MR) is 65.6 cm³/mol. The van der Waals surface area contributed by atoms with Crippen molar-refractivity contribution in [1.29, 1.82) is 0 Å². The molecule has 1 heterocycles. The minimum absolute atomic E-state index is 0.181. The van der Waals surface area contributed by atoms with Gasteiger partial charge < -0.3 is 15.2 Å². The van der Waals surface area contributed by atoms with E-state index in [1.807, 2.05) is 0 Å². The zero-order valence-electron chi connectivity index (χ0n) is 10.8. The smallest absolute Gasteiger partial charge is 0.0826 e. The van der Waals surface area contributed by atoms with Crippen LogP contribution in [0.5, 0.6) is 0 Å². The SMILES string of the molecule is CCN1CCOC(CN[C@H](CO)C(C)C)C1. The monoisotopic (exact) mass is 230 g/mol. The zero-order valence-corrected chi connectivity index (χ0v) is 10.8. The van der Waals surface area contributed by atoms with Crippen LogP contribution in [0, 0.1) is 5.92 Å². The van der Waals surface area contributed by atoms with E-state index in [0.717, 1.165) is 32.8 Å². The van der Waals surface area contributed by atoms with Crippen molar-refractivity contribution in [3.05, 3.63) is 0 Å². The Balaban J connectivity index is 2.25. The van der Waals surface area contributed by atoms with Crippen LogP contribution in [0.3, 0.4) is 0 Å². The van der Waals surface area contributed by atoms with E-state index in [-0.39, 0.29) is 18.8 Å². The lowest BCUT2D eigenvalue weighted by Gasteiger charge is -2.33. The topological polar surface area (TPSA) is 44.7 Å². The van der Waals surface area contributed by atoms with Crippen molar-refractivity contribution in [2.45, 2.75) is 32.9 Å². The van der Waals surface area contributed by atoms with Gasteiger partial charge >= 0.3 is 0 Å². The van der Waals surface area contributed by atoms with E-state index < -0.39 is 0 Å². The van der Waals surface area contributed by atoms with Crippen LogP contribution in [0.15, 0.2) is 0 Å². The quantitative estimate of drug-likeness (QED) is 0.689. The number of hydrogen-bond acceptors (Lipinski definition) is 4. The van der Waals surface area contributed by atoms with E-state index in [4.69, 9.17) is 4.74 Å². The van der Waals surface area contributed by atoms with Crippen molar-refractivity contribution >= 4 is 0 Å². The molecule has 0 bridgehead atoms. The molecule has 0 amide bonds. The molecule has 2 atom stereocenters. The molecule has 0 aliphatic carbocycles. The summed E-state index contributed by atoms with van der Waals surface area (Å²) in [6.45, 7) is 11.4. The predicted octanol–water partition coefficient (Wildman–Crippen LogP) is 0.314. The summed E-state index contributed by atoms with van der Waals surface area (Å²) in [5.74, 6) is 0.455. The Morgan fingerprint density at radius 1 is 1.50 bits per heavy atom. The number of rotatable bonds is 6. The number of ether oxygens (including phenoxy) is 1. The molecular weight excluding hydrogens is 204 g/mol. The van der Waals surface area contributed by atoms with Crippen molar-refractivity contribution in [2.75, 3.05) is 39.4 Å². The highest BCUT2D eigenvalue weighted by Gasteiger charge is 2.20. The normalized spacial score (nSPS) is 24.9. The van der Waals surface area contributed by atoms with Gasteiger partial charge in [-0.05, 0) is 12.5 Å². The summed E-state index contributed by atoms with van der Waals surface area (Å²) < 4.78 is 5.70. The molecule has 1 aliphatic heterocycles. The Labute approximate surface area is 99.0 Å². The second-order valence-corrected chi connectivity index (χ2v) is 4.83. The maximum Gasteiger partial charge on any atom is 0.0826 e. The summed E-state index contributed by atoms with van der Waals surface area (Å²) in [4.78, 5) is 2.40. The number of aliphatic hydroxyl groups excluding tert-OH is 1. The molecule has 0 aromatic carbocycles. The summed E-state index contributed by atoms with van der Waals surface area (Å²) in [6.07, 6.45) is 0.265. The molecule has 0 aromatic heterocycles. The maximum atomic E-state index is 9.21. The van der Waals surface area contributed by atoms with Crippen LogP contribution in [0.2, 0.25) is 0 Å². The van der Waals surface area contributed by atoms with E-state index in [0.29, 0.717) is 5.92 Å². The van der Waals surface area contributed by atoms with Gasteiger partial charge in [-0.2, -0.15) is 0 Å².